The van der Waals surface area contributed by atoms with Gasteiger partial charge in [0.25, 0.3) is 5.91 Å². The van der Waals surface area contributed by atoms with E-state index < -0.39 is 11.6 Å². The molecule has 1 N–H and O–H groups in total. The minimum Gasteiger partial charge on any atom is -0.483 e. The van der Waals surface area contributed by atoms with Crippen molar-refractivity contribution in [1.29, 1.82) is 0 Å². The van der Waals surface area contributed by atoms with Crippen molar-refractivity contribution in [2.45, 2.75) is 52.2 Å². The molecule has 7 heteroatoms. The van der Waals surface area contributed by atoms with Crippen LogP contribution in [-0.4, -0.2) is 34.9 Å². The van der Waals surface area contributed by atoms with E-state index in [1.165, 1.54) is 4.90 Å². The van der Waals surface area contributed by atoms with Gasteiger partial charge in [-0.3, -0.25) is 9.59 Å². The molecule has 3 rings (SSSR count). The molecule has 180 valence electrons. The lowest BCUT2D eigenvalue weighted by atomic mass is 10.1. The van der Waals surface area contributed by atoms with E-state index in [0.29, 0.717) is 27.8 Å². The summed E-state index contributed by atoms with van der Waals surface area (Å²) in [6.07, 6.45) is 0.421. The molecule has 0 aliphatic carbocycles. The van der Waals surface area contributed by atoms with Gasteiger partial charge in [-0.25, -0.2) is 0 Å². The molecule has 0 fully saturated rings. The molecule has 0 bridgehead atoms. The Labute approximate surface area is 211 Å². The molecule has 1 unspecified atom stereocenters. The molecule has 5 nitrogen and oxygen atoms in total. The van der Waals surface area contributed by atoms with E-state index in [-0.39, 0.29) is 25.0 Å². The van der Waals surface area contributed by atoms with E-state index >= 15 is 0 Å². The second-order valence-corrected chi connectivity index (χ2v) is 9.97. The second kappa shape index (κ2) is 11.1. The Balaban J connectivity index is 1.89. The van der Waals surface area contributed by atoms with Crippen LogP contribution in [-0.2, 0) is 16.1 Å². The van der Waals surface area contributed by atoms with Crippen molar-refractivity contribution in [3.05, 3.63) is 76.3 Å². The first-order valence-electron chi connectivity index (χ1n) is 11.3. The van der Waals surface area contributed by atoms with Crippen molar-refractivity contribution >= 4 is 45.8 Å². The topological polar surface area (TPSA) is 58.6 Å². The van der Waals surface area contributed by atoms with Crippen molar-refractivity contribution in [3.8, 4) is 5.75 Å². The molecule has 0 aromatic heterocycles. The normalized spacial score (nSPS) is 12.3. The van der Waals surface area contributed by atoms with Gasteiger partial charge < -0.3 is 15.0 Å². The molecule has 3 aromatic carbocycles. The average molecular weight is 501 g/mol. The fraction of sp³-hybridized carbons (Fsp3) is 0.333. The van der Waals surface area contributed by atoms with Crippen molar-refractivity contribution in [2.24, 2.45) is 0 Å². The zero-order chi connectivity index (χ0) is 24.9. The Hall–Kier alpha value is -2.76. The van der Waals surface area contributed by atoms with Crippen LogP contribution in [0.25, 0.3) is 10.8 Å². The van der Waals surface area contributed by atoms with Gasteiger partial charge in [0.15, 0.2) is 6.61 Å². The summed E-state index contributed by atoms with van der Waals surface area (Å²) in [6.45, 7) is 7.43. The number of nitrogens with one attached hydrogen (secondary N) is 1. The summed E-state index contributed by atoms with van der Waals surface area (Å²) in [4.78, 5) is 28.1. The van der Waals surface area contributed by atoms with Crippen molar-refractivity contribution in [1.82, 2.24) is 10.2 Å². The monoisotopic (exact) mass is 500 g/mol. The number of carbonyl (C=O) groups excluding carboxylic acids is 2. The van der Waals surface area contributed by atoms with E-state index in [0.717, 1.165) is 10.8 Å². The minimum atomic E-state index is -0.713. The second-order valence-electron chi connectivity index (χ2n) is 9.15. The first-order valence-corrected chi connectivity index (χ1v) is 12.0. The van der Waals surface area contributed by atoms with Gasteiger partial charge in [0.2, 0.25) is 5.91 Å². The maximum Gasteiger partial charge on any atom is 0.261 e. The molecule has 0 saturated heterocycles. The third-order valence-corrected chi connectivity index (χ3v) is 6.08. The summed E-state index contributed by atoms with van der Waals surface area (Å²) < 4.78 is 5.95. The first kappa shape index (κ1) is 25.9. The highest BCUT2D eigenvalue weighted by Crippen LogP contribution is 2.28. The highest BCUT2D eigenvalue weighted by Gasteiger charge is 2.31. The van der Waals surface area contributed by atoms with Gasteiger partial charge in [-0.15, -0.1) is 0 Å². The largest absolute Gasteiger partial charge is 0.483 e. The number of carbonyl (C=O) groups is 2. The smallest absolute Gasteiger partial charge is 0.261 e. The molecule has 1 atom stereocenters. The minimum absolute atomic E-state index is 0.0896. The lowest BCUT2D eigenvalue weighted by molar-refractivity contribution is -0.143. The van der Waals surface area contributed by atoms with Gasteiger partial charge in [0.05, 0.1) is 0 Å². The summed E-state index contributed by atoms with van der Waals surface area (Å²) in [6, 6.07) is 18.0. The first-order chi connectivity index (χ1) is 16.1. The van der Waals surface area contributed by atoms with Crippen LogP contribution in [0, 0.1) is 0 Å². The van der Waals surface area contributed by atoms with Gasteiger partial charge in [-0.05, 0) is 50.8 Å². The van der Waals surface area contributed by atoms with Crippen LogP contribution in [0.4, 0.5) is 0 Å². The van der Waals surface area contributed by atoms with Crippen LogP contribution in [0.3, 0.4) is 0 Å². The quantitative estimate of drug-likeness (QED) is 0.397. The molecule has 0 saturated carbocycles. The number of nitrogens with zero attached hydrogens (tertiary/aromatic N) is 1. The molecule has 3 aromatic rings. The summed E-state index contributed by atoms with van der Waals surface area (Å²) in [5.41, 5.74) is 0.145. The summed E-state index contributed by atoms with van der Waals surface area (Å²) in [5, 5.41) is 5.78. The number of halogens is 2. The lowest BCUT2D eigenvalue weighted by Gasteiger charge is -2.33. The third kappa shape index (κ3) is 6.43. The Kier molecular flexibility index (Phi) is 8.45. The molecule has 0 radical (unpaired) electrons. The molecular weight excluding hydrogens is 471 g/mol. The number of ether oxygens (including phenoxy) is 1. The van der Waals surface area contributed by atoms with Crippen LogP contribution in [0.2, 0.25) is 10.0 Å². The highest BCUT2D eigenvalue weighted by molar-refractivity contribution is 6.36. The number of hydrogen-bond acceptors (Lipinski definition) is 3. The van der Waals surface area contributed by atoms with Gasteiger partial charge in [-0.1, -0.05) is 72.6 Å². The van der Waals surface area contributed by atoms with Crippen LogP contribution in [0.1, 0.15) is 39.7 Å². The maximum absolute atomic E-state index is 13.5. The fourth-order valence-corrected chi connectivity index (χ4v) is 4.29. The molecule has 2 amide bonds. The van der Waals surface area contributed by atoms with Gasteiger partial charge in [-0.2, -0.15) is 0 Å². The Morgan fingerprint density at radius 3 is 2.24 bits per heavy atom. The van der Waals surface area contributed by atoms with Gasteiger partial charge in [0, 0.05) is 33.1 Å². The van der Waals surface area contributed by atoms with Gasteiger partial charge >= 0.3 is 0 Å². The summed E-state index contributed by atoms with van der Waals surface area (Å²) in [7, 11) is 0. The molecular formula is C27H30Cl2N2O3. The van der Waals surface area contributed by atoms with E-state index in [1.807, 2.05) is 70.2 Å². The Morgan fingerprint density at radius 2 is 1.59 bits per heavy atom. The number of fused-ring (bicyclic) bond motifs is 1. The zero-order valence-corrected chi connectivity index (χ0v) is 21.4. The van der Waals surface area contributed by atoms with Crippen LogP contribution < -0.4 is 10.1 Å². The van der Waals surface area contributed by atoms with Crippen molar-refractivity contribution in [3.63, 3.8) is 0 Å². The van der Waals surface area contributed by atoms with Crippen LogP contribution in [0.15, 0.2) is 60.7 Å². The summed E-state index contributed by atoms with van der Waals surface area (Å²) in [5.74, 6) is 0.0332. The number of benzene rings is 3. The standard InChI is InChI=1S/C27H30Cl2N2O3/c1-5-23(26(33)30-27(2,3)4)31(16-20-21(28)13-9-14-22(20)29)25(32)17-34-24-15-8-11-18-10-6-7-12-19(18)24/h6-15,23H,5,16-17H2,1-4H3,(H,30,33). The number of hydrogen-bond donors (Lipinski definition) is 1. The zero-order valence-electron chi connectivity index (χ0n) is 19.9. The molecule has 0 aliphatic rings. The lowest BCUT2D eigenvalue weighted by Crippen LogP contribution is -2.54. The Bertz CT molecular complexity index is 1150. The summed E-state index contributed by atoms with van der Waals surface area (Å²) >= 11 is 12.8. The van der Waals surface area contributed by atoms with E-state index in [2.05, 4.69) is 5.32 Å². The van der Waals surface area contributed by atoms with E-state index in [4.69, 9.17) is 27.9 Å². The molecule has 0 heterocycles. The SMILES string of the molecule is CCC(C(=O)NC(C)(C)C)N(Cc1c(Cl)cccc1Cl)C(=O)COc1cccc2ccccc12. The predicted molar refractivity (Wildman–Crippen MR) is 138 cm³/mol. The van der Waals surface area contributed by atoms with Crippen LogP contribution >= 0.6 is 23.2 Å². The number of rotatable bonds is 8. The molecule has 0 aliphatic heterocycles. The molecule has 34 heavy (non-hydrogen) atoms. The van der Waals surface area contributed by atoms with Crippen LogP contribution in [0.5, 0.6) is 5.75 Å². The average Bonchev–Trinajstić information content (AvgIpc) is 2.78. The van der Waals surface area contributed by atoms with E-state index in [9.17, 15) is 9.59 Å². The molecule has 0 spiro atoms. The fourth-order valence-electron chi connectivity index (χ4n) is 3.77. The van der Waals surface area contributed by atoms with Gasteiger partial charge in [0.1, 0.15) is 11.8 Å². The Morgan fingerprint density at radius 1 is 0.971 bits per heavy atom. The third-order valence-electron chi connectivity index (χ3n) is 5.38. The number of amides is 2. The highest BCUT2D eigenvalue weighted by atomic mass is 35.5. The predicted octanol–water partition coefficient (Wildman–Crippen LogP) is 6.25. The van der Waals surface area contributed by atoms with Crippen molar-refractivity contribution in [2.75, 3.05) is 6.61 Å². The van der Waals surface area contributed by atoms with E-state index in [1.54, 1.807) is 18.2 Å². The maximum atomic E-state index is 13.5. The van der Waals surface area contributed by atoms with Crippen molar-refractivity contribution < 1.29 is 14.3 Å².